The van der Waals surface area contributed by atoms with E-state index < -0.39 is 47.1 Å². The summed E-state index contributed by atoms with van der Waals surface area (Å²) < 4.78 is 35.0. The highest BCUT2D eigenvalue weighted by atomic mass is 19.2. The molecule has 196 valence electrons. The van der Waals surface area contributed by atoms with Crippen molar-refractivity contribution in [2.24, 2.45) is 5.92 Å². The Kier molecular flexibility index (Phi) is 6.59. The second-order valence-electron chi connectivity index (χ2n) is 10.8. The normalized spacial score (nSPS) is 21.4. The number of hydrogen-bond acceptors (Lipinski definition) is 5. The van der Waals surface area contributed by atoms with Gasteiger partial charge in [0.25, 0.3) is 0 Å². The number of ketones is 2. The van der Waals surface area contributed by atoms with Crippen molar-refractivity contribution in [1.29, 1.82) is 0 Å². The maximum Gasteiger partial charge on any atom is 0.408 e. The third kappa shape index (κ3) is 4.59. The van der Waals surface area contributed by atoms with E-state index in [9.17, 15) is 18.8 Å². The molecule has 0 unspecified atom stereocenters. The first-order valence-electron chi connectivity index (χ1n) is 12.6. The molecule has 0 aliphatic heterocycles. The van der Waals surface area contributed by atoms with Gasteiger partial charge in [0.05, 0.1) is 12.0 Å². The number of Topliss-reactive ketones (excluding diaryl/α,β-unsaturated/α-hetero) is 2. The zero-order valence-electron chi connectivity index (χ0n) is 21.3. The second kappa shape index (κ2) is 9.74. The zero-order chi connectivity index (χ0) is 27.2. The van der Waals surface area contributed by atoms with Crippen LogP contribution < -0.4 is 5.32 Å². The third-order valence-electron chi connectivity index (χ3n) is 7.23. The molecule has 0 bridgehead atoms. The molecule has 1 aromatic heterocycles. The highest BCUT2D eigenvalue weighted by Gasteiger charge is 2.47. The van der Waals surface area contributed by atoms with E-state index in [4.69, 9.17) is 4.74 Å². The summed E-state index contributed by atoms with van der Waals surface area (Å²) in [5.41, 5.74) is 1.07. The topological polar surface area (TPSA) is 85.4 Å². The molecular formula is C30H28F2N2O4. The largest absolute Gasteiger partial charge is 0.444 e. The van der Waals surface area contributed by atoms with Crippen LogP contribution in [0, 0.1) is 17.6 Å². The fraction of sp³-hybridized carbons (Fsp3) is 0.333. The molecule has 1 N–H and O–H groups in total. The summed E-state index contributed by atoms with van der Waals surface area (Å²) in [6.07, 6.45) is 1.40. The Morgan fingerprint density at radius 1 is 0.895 bits per heavy atom. The average molecular weight is 519 g/mol. The molecule has 5 rings (SSSR count). The predicted molar refractivity (Wildman–Crippen MR) is 136 cm³/mol. The fourth-order valence-corrected chi connectivity index (χ4v) is 5.69. The third-order valence-corrected chi connectivity index (χ3v) is 7.23. The Morgan fingerprint density at radius 2 is 1.53 bits per heavy atom. The van der Waals surface area contributed by atoms with Gasteiger partial charge >= 0.3 is 6.09 Å². The van der Waals surface area contributed by atoms with Crippen molar-refractivity contribution in [2.45, 2.75) is 57.1 Å². The highest BCUT2D eigenvalue weighted by molar-refractivity contribution is 6.26. The smallest absolute Gasteiger partial charge is 0.408 e. The minimum Gasteiger partial charge on any atom is -0.444 e. The summed E-state index contributed by atoms with van der Waals surface area (Å²) in [4.78, 5) is 44.4. The van der Waals surface area contributed by atoms with E-state index in [1.165, 1.54) is 12.1 Å². The molecule has 0 radical (unpaired) electrons. The number of halogens is 2. The molecule has 6 nitrogen and oxygen atoms in total. The minimum absolute atomic E-state index is 0.0915. The molecule has 8 heteroatoms. The molecule has 0 fully saturated rings. The van der Waals surface area contributed by atoms with Gasteiger partial charge in [0, 0.05) is 34.9 Å². The van der Waals surface area contributed by atoms with Crippen LogP contribution in [0.2, 0.25) is 0 Å². The van der Waals surface area contributed by atoms with E-state index in [1.807, 2.05) is 0 Å². The highest BCUT2D eigenvalue weighted by Crippen LogP contribution is 2.48. The number of ether oxygens (including phenoxy) is 1. The van der Waals surface area contributed by atoms with Crippen molar-refractivity contribution >= 4 is 17.7 Å². The number of carbonyl (C=O) groups is 3. The summed E-state index contributed by atoms with van der Waals surface area (Å²) in [5.74, 6) is -4.86. The van der Waals surface area contributed by atoms with Crippen LogP contribution in [0.3, 0.4) is 0 Å². The number of nitrogens with zero attached hydrogens (tertiary/aromatic N) is 1. The molecule has 2 aliphatic rings. The van der Waals surface area contributed by atoms with Crippen molar-refractivity contribution in [1.82, 2.24) is 10.3 Å². The summed E-state index contributed by atoms with van der Waals surface area (Å²) in [7, 11) is 0. The van der Waals surface area contributed by atoms with Crippen molar-refractivity contribution in [2.75, 3.05) is 0 Å². The van der Waals surface area contributed by atoms with Gasteiger partial charge in [0.15, 0.2) is 23.2 Å². The lowest BCUT2D eigenvalue weighted by Crippen LogP contribution is -2.37. The van der Waals surface area contributed by atoms with Crippen LogP contribution in [0.5, 0.6) is 0 Å². The Bertz CT molecular complexity index is 1400. The number of benzene rings is 2. The minimum atomic E-state index is -1.00. The van der Waals surface area contributed by atoms with Crippen molar-refractivity contribution in [3.63, 3.8) is 0 Å². The van der Waals surface area contributed by atoms with E-state index in [-0.39, 0.29) is 23.6 Å². The quantitative estimate of drug-likeness (QED) is 0.326. The van der Waals surface area contributed by atoms with E-state index in [0.717, 1.165) is 6.07 Å². The molecule has 1 amide bonds. The Labute approximate surface area is 219 Å². The van der Waals surface area contributed by atoms with Gasteiger partial charge in [-0.25, -0.2) is 13.6 Å². The Balaban J connectivity index is 1.62. The molecule has 38 heavy (non-hydrogen) atoms. The first-order chi connectivity index (χ1) is 18.1. The first-order valence-corrected chi connectivity index (χ1v) is 12.6. The molecule has 0 spiro atoms. The number of carbonyl (C=O) groups excluding carboxylic acids is 3. The maximum atomic E-state index is 15.1. The standard InChI is InChI=1S/C30H28F2N2O4/c1-30(2,3)38-29(37)34-26-17(16-10-6-12-22(31)24(16)32)13-14-20(25-21(26)11-7-15-33-25)23-27(35)18-8-4-5-9-19(18)28(23)36/h4-12,15,17,20,23,26H,13-14H2,1-3H3,(H,34,37)/t17-,20-,26-/m0/s1. The van der Waals surface area contributed by atoms with Crippen LogP contribution in [0.25, 0.3) is 0 Å². The number of nitrogens with one attached hydrogen (secondary N) is 1. The van der Waals surface area contributed by atoms with Gasteiger partial charge in [-0.05, 0) is 56.9 Å². The Hall–Kier alpha value is -3.94. The van der Waals surface area contributed by atoms with Gasteiger partial charge in [-0.3, -0.25) is 14.6 Å². The van der Waals surface area contributed by atoms with Gasteiger partial charge in [0.2, 0.25) is 0 Å². The van der Waals surface area contributed by atoms with E-state index in [1.54, 1.807) is 63.4 Å². The number of aromatic nitrogens is 1. The second-order valence-corrected chi connectivity index (χ2v) is 10.8. The van der Waals surface area contributed by atoms with Crippen LogP contribution in [0.1, 0.15) is 89.0 Å². The number of amides is 1. The number of rotatable bonds is 3. The molecule has 2 aromatic carbocycles. The number of fused-ring (bicyclic) bond motifs is 2. The predicted octanol–water partition coefficient (Wildman–Crippen LogP) is 6.28. The van der Waals surface area contributed by atoms with Crippen LogP contribution in [0.4, 0.5) is 13.6 Å². The molecule has 1 heterocycles. The number of hydrogen-bond donors (Lipinski definition) is 1. The van der Waals surface area contributed by atoms with Crippen LogP contribution >= 0.6 is 0 Å². The molecule has 2 aliphatic carbocycles. The lowest BCUT2D eigenvalue weighted by atomic mass is 9.81. The number of pyridine rings is 1. The van der Waals surface area contributed by atoms with Crippen molar-refractivity contribution in [3.05, 3.63) is 100 Å². The summed E-state index contributed by atoms with van der Waals surface area (Å²) in [6.45, 7) is 5.18. The zero-order valence-corrected chi connectivity index (χ0v) is 21.3. The number of alkyl carbamates (subject to hydrolysis) is 1. The van der Waals surface area contributed by atoms with E-state index in [0.29, 0.717) is 28.8 Å². The van der Waals surface area contributed by atoms with Gasteiger partial charge in [-0.2, -0.15) is 0 Å². The first kappa shape index (κ1) is 25.7. The summed E-state index contributed by atoms with van der Waals surface area (Å²) in [6, 6.07) is 13.2. The Morgan fingerprint density at radius 3 is 2.18 bits per heavy atom. The van der Waals surface area contributed by atoms with Crippen molar-refractivity contribution < 1.29 is 27.9 Å². The molecule has 3 atom stereocenters. The van der Waals surface area contributed by atoms with Crippen LogP contribution in [-0.4, -0.2) is 28.2 Å². The van der Waals surface area contributed by atoms with Crippen molar-refractivity contribution in [3.8, 4) is 0 Å². The molecule has 3 aromatic rings. The fourth-order valence-electron chi connectivity index (χ4n) is 5.69. The van der Waals surface area contributed by atoms with Crippen LogP contribution in [0.15, 0.2) is 60.8 Å². The molecule has 0 saturated carbocycles. The van der Waals surface area contributed by atoms with Gasteiger partial charge in [-0.15, -0.1) is 0 Å². The molecule has 0 saturated heterocycles. The lowest BCUT2D eigenvalue weighted by molar-refractivity contribution is 0.0494. The van der Waals surface area contributed by atoms with Gasteiger partial charge < -0.3 is 10.1 Å². The monoisotopic (exact) mass is 518 g/mol. The van der Waals surface area contributed by atoms with E-state index in [2.05, 4.69) is 10.3 Å². The summed E-state index contributed by atoms with van der Waals surface area (Å²) in [5, 5.41) is 2.86. The van der Waals surface area contributed by atoms with Gasteiger partial charge in [-0.1, -0.05) is 42.5 Å². The SMILES string of the molecule is CC(C)(C)OC(=O)N[C@@H]1c2cccnc2[C@H](C2C(=O)c3ccccc3C2=O)CC[C@H]1c1cccc(F)c1F. The molecular weight excluding hydrogens is 490 g/mol. The van der Waals surface area contributed by atoms with Gasteiger partial charge in [0.1, 0.15) is 5.60 Å². The average Bonchev–Trinajstić information content (AvgIpc) is 3.02. The maximum absolute atomic E-state index is 15.1. The lowest BCUT2D eigenvalue weighted by Gasteiger charge is -2.29. The van der Waals surface area contributed by atoms with Crippen LogP contribution in [-0.2, 0) is 4.74 Å². The van der Waals surface area contributed by atoms with E-state index >= 15 is 4.39 Å². The summed E-state index contributed by atoms with van der Waals surface area (Å²) >= 11 is 0.